The average molecular weight is 197 g/mol. The molecule has 1 saturated heterocycles. The first-order chi connectivity index (χ1) is 6.57. The molecule has 2 atom stereocenters. The molecular formula is C13H27N. The number of nitrogens with zero attached hydrogens (tertiary/aromatic N) is 1. The third-order valence-corrected chi connectivity index (χ3v) is 3.59. The summed E-state index contributed by atoms with van der Waals surface area (Å²) in [4.78, 5) is 2.67. The normalized spacial score (nSPS) is 28.5. The third kappa shape index (κ3) is 2.50. The second-order valence-corrected chi connectivity index (χ2v) is 5.43. The van der Waals surface area contributed by atoms with Crippen LogP contribution >= 0.6 is 0 Å². The van der Waals surface area contributed by atoms with Gasteiger partial charge in [-0.05, 0) is 32.1 Å². The minimum Gasteiger partial charge on any atom is -0.297 e. The number of hydrogen-bond donors (Lipinski definition) is 0. The standard InChI is InChI=1S/C13H27N/c1-6-7-8-12-9-14(11(4)5)13(12)10(2)3/h10-13H,6-9H2,1-5H3. The fourth-order valence-electron chi connectivity index (χ4n) is 2.84. The van der Waals surface area contributed by atoms with Gasteiger partial charge < -0.3 is 0 Å². The summed E-state index contributed by atoms with van der Waals surface area (Å²) in [7, 11) is 0. The van der Waals surface area contributed by atoms with E-state index in [1.54, 1.807) is 0 Å². The van der Waals surface area contributed by atoms with Crippen molar-refractivity contribution in [1.29, 1.82) is 0 Å². The molecule has 0 aromatic heterocycles. The van der Waals surface area contributed by atoms with Crippen LogP contribution in [-0.2, 0) is 0 Å². The summed E-state index contributed by atoms with van der Waals surface area (Å²) in [6, 6.07) is 1.60. The lowest BCUT2D eigenvalue weighted by Crippen LogP contribution is -2.60. The Labute approximate surface area is 89.9 Å². The SMILES string of the molecule is CCCCC1CN(C(C)C)C1C(C)C. The summed E-state index contributed by atoms with van der Waals surface area (Å²) < 4.78 is 0. The summed E-state index contributed by atoms with van der Waals surface area (Å²) in [5, 5.41) is 0. The first-order valence-electron chi connectivity index (χ1n) is 6.33. The van der Waals surface area contributed by atoms with Gasteiger partial charge in [-0.3, -0.25) is 4.90 Å². The molecule has 1 heteroatoms. The van der Waals surface area contributed by atoms with Crippen LogP contribution in [0.25, 0.3) is 0 Å². The highest BCUT2D eigenvalue weighted by atomic mass is 15.2. The van der Waals surface area contributed by atoms with Gasteiger partial charge >= 0.3 is 0 Å². The van der Waals surface area contributed by atoms with Crippen molar-refractivity contribution >= 4 is 0 Å². The predicted molar refractivity (Wildman–Crippen MR) is 63.5 cm³/mol. The Hall–Kier alpha value is -0.0400. The Morgan fingerprint density at radius 2 is 1.86 bits per heavy atom. The molecule has 0 bridgehead atoms. The average Bonchev–Trinajstić information content (AvgIpc) is 2.00. The molecule has 0 radical (unpaired) electrons. The van der Waals surface area contributed by atoms with Gasteiger partial charge in [0.05, 0.1) is 0 Å². The van der Waals surface area contributed by atoms with Crippen molar-refractivity contribution in [2.24, 2.45) is 11.8 Å². The molecule has 2 unspecified atom stereocenters. The van der Waals surface area contributed by atoms with Crippen molar-refractivity contribution in [3.63, 3.8) is 0 Å². The van der Waals surface area contributed by atoms with E-state index >= 15 is 0 Å². The highest BCUT2D eigenvalue weighted by molar-refractivity contribution is 4.94. The lowest BCUT2D eigenvalue weighted by molar-refractivity contribution is -0.0424. The van der Waals surface area contributed by atoms with E-state index < -0.39 is 0 Å². The Balaban J connectivity index is 2.42. The third-order valence-electron chi connectivity index (χ3n) is 3.59. The van der Waals surface area contributed by atoms with E-state index in [-0.39, 0.29) is 0 Å². The van der Waals surface area contributed by atoms with Gasteiger partial charge in [-0.1, -0.05) is 33.6 Å². The summed E-state index contributed by atoms with van der Waals surface area (Å²) in [6.07, 6.45) is 4.21. The smallest absolute Gasteiger partial charge is 0.0161 e. The molecule has 1 nitrogen and oxygen atoms in total. The molecule has 0 aromatic rings. The summed E-state index contributed by atoms with van der Waals surface area (Å²) in [6.45, 7) is 13.0. The molecule has 1 aliphatic rings. The van der Waals surface area contributed by atoms with Crippen molar-refractivity contribution in [3.8, 4) is 0 Å². The summed E-state index contributed by atoms with van der Waals surface area (Å²) in [5.41, 5.74) is 0. The largest absolute Gasteiger partial charge is 0.297 e. The number of rotatable bonds is 5. The second kappa shape index (κ2) is 5.16. The molecule has 1 aliphatic heterocycles. The van der Waals surface area contributed by atoms with Crippen LogP contribution in [0.1, 0.15) is 53.9 Å². The second-order valence-electron chi connectivity index (χ2n) is 5.43. The molecular weight excluding hydrogens is 170 g/mol. The molecule has 0 spiro atoms. The maximum absolute atomic E-state index is 2.67. The molecule has 0 N–H and O–H groups in total. The van der Waals surface area contributed by atoms with Gasteiger partial charge in [0.25, 0.3) is 0 Å². The molecule has 0 amide bonds. The Kier molecular flexibility index (Phi) is 4.43. The fourth-order valence-corrected chi connectivity index (χ4v) is 2.84. The van der Waals surface area contributed by atoms with E-state index in [0.29, 0.717) is 0 Å². The summed E-state index contributed by atoms with van der Waals surface area (Å²) in [5.74, 6) is 1.81. The maximum atomic E-state index is 2.67. The quantitative estimate of drug-likeness (QED) is 0.651. The number of unbranched alkanes of at least 4 members (excludes halogenated alkanes) is 1. The lowest BCUT2D eigenvalue weighted by Gasteiger charge is -2.53. The van der Waals surface area contributed by atoms with Crippen LogP contribution in [0.3, 0.4) is 0 Å². The van der Waals surface area contributed by atoms with Crippen LogP contribution in [-0.4, -0.2) is 23.5 Å². The highest BCUT2D eigenvalue weighted by Crippen LogP contribution is 2.35. The van der Waals surface area contributed by atoms with E-state index in [0.717, 1.165) is 23.9 Å². The van der Waals surface area contributed by atoms with Gasteiger partial charge in [0.1, 0.15) is 0 Å². The van der Waals surface area contributed by atoms with Gasteiger partial charge in [-0.15, -0.1) is 0 Å². The maximum Gasteiger partial charge on any atom is 0.0161 e. The van der Waals surface area contributed by atoms with Crippen LogP contribution in [0.15, 0.2) is 0 Å². The van der Waals surface area contributed by atoms with Gasteiger partial charge in [-0.2, -0.15) is 0 Å². The topological polar surface area (TPSA) is 3.24 Å². The lowest BCUT2D eigenvalue weighted by atomic mass is 9.77. The highest BCUT2D eigenvalue weighted by Gasteiger charge is 2.40. The Morgan fingerprint density at radius 3 is 2.29 bits per heavy atom. The van der Waals surface area contributed by atoms with Crippen molar-refractivity contribution in [2.45, 2.75) is 66.0 Å². The van der Waals surface area contributed by atoms with Crippen LogP contribution in [0.4, 0.5) is 0 Å². The molecule has 84 valence electrons. The van der Waals surface area contributed by atoms with E-state index in [9.17, 15) is 0 Å². The Morgan fingerprint density at radius 1 is 1.21 bits per heavy atom. The van der Waals surface area contributed by atoms with E-state index in [1.807, 2.05) is 0 Å². The molecule has 1 rings (SSSR count). The summed E-state index contributed by atoms with van der Waals surface area (Å²) >= 11 is 0. The van der Waals surface area contributed by atoms with Crippen LogP contribution < -0.4 is 0 Å². The van der Waals surface area contributed by atoms with Gasteiger partial charge in [-0.25, -0.2) is 0 Å². The first-order valence-corrected chi connectivity index (χ1v) is 6.33. The minimum atomic E-state index is 0.736. The molecule has 1 heterocycles. The van der Waals surface area contributed by atoms with Crippen LogP contribution in [0.2, 0.25) is 0 Å². The molecule has 0 aromatic carbocycles. The van der Waals surface area contributed by atoms with Crippen molar-refractivity contribution in [1.82, 2.24) is 4.90 Å². The van der Waals surface area contributed by atoms with Gasteiger partial charge in [0, 0.05) is 18.6 Å². The molecule has 14 heavy (non-hydrogen) atoms. The van der Waals surface area contributed by atoms with Crippen LogP contribution in [0.5, 0.6) is 0 Å². The fraction of sp³-hybridized carbons (Fsp3) is 1.00. The van der Waals surface area contributed by atoms with Crippen LogP contribution in [0, 0.1) is 11.8 Å². The molecule has 0 saturated carbocycles. The first kappa shape index (κ1) is 12.0. The van der Waals surface area contributed by atoms with E-state index in [2.05, 4.69) is 39.5 Å². The zero-order chi connectivity index (χ0) is 10.7. The predicted octanol–water partition coefficient (Wildman–Crippen LogP) is 3.54. The minimum absolute atomic E-state index is 0.736. The monoisotopic (exact) mass is 197 g/mol. The van der Waals surface area contributed by atoms with Crippen molar-refractivity contribution in [3.05, 3.63) is 0 Å². The number of hydrogen-bond acceptors (Lipinski definition) is 1. The van der Waals surface area contributed by atoms with Crippen molar-refractivity contribution < 1.29 is 0 Å². The van der Waals surface area contributed by atoms with E-state index in [1.165, 1.54) is 25.8 Å². The zero-order valence-corrected chi connectivity index (χ0v) is 10.6. The number of likely N-dealkylation sites (tertiary alicyclic amines) is 1. The molecule has 0 aliphatic carbocycles. The molecule has 1 fully saturated rings. The van der Waals surface area contributed by atoms with Gasteiger partial charge in [0.2, 0.25) is 0 Å². The van der Waals surface area contributed by atoms with Gasteiger partial charge in [0.15, 0.2) is 0 Å². The van der Waals surface area contributed by atoms with E-state index in [4.69, 9.17) is 0 Å². The van der Waals surface area contributed by atoms with Crippen molar-refractivity contribution in [2.75, 3.05) is 6.54 Å². The Bertz CT molecular complexity index is 163. The zero-order valence-electron chi connectivity index (χ0n) is 10.6.